The molecule has 4 heteroatoms. The van der Waals surface area contributed by atoms with Crippen molar-refractivity contribution in [2.45, 2.75) is 39.7 Å². The molecule has 1 N–H and O–H groups in total. The Morgan fingerprint density at radius 2 is 1.80 bits per heavy atom. The van der Waals surface area contributed by atoms with Crippen molar-refractivity contribution in [1.29, 1.82) is 0 Å². The molecule has 1 aromatic rings. The molecule has 20 heavy (non-hydrogen) atoms. The zero-order valence-electron chi connectivity index (χ0n) is 12.2. The summed E-state index contributed by atoms with van der Waals surface area (Å²) in [5.74, 6) is -0.766. The van der Waals surface area contributed by atoms with E-state index in [9.17, 15) is 9.59 Å². The summed E-state index contributed by atoms with van der Waals surface area (Å²) in [5, 5.41) is 8.60. The van der Waals surface area contributed by atoms with E-state index in [2.05, 4.69) is 0 Å². The van der Waals surface area contributed by atoms with Crippen LogP contribution in [0.15, 0.2) is 30.4 Å². The Bertz CT molecular complexity index is 527. The molecule has 0 aliphatic rings. The van der Waals surface area contributed by atoms with Gasteiger partial charge in [0.1, 0.15) is 5.75 Å². The zero-order chi connectivity index (χ0) is 15.3. The number of hydrogen-bond acceptors (Lipinski definition) is 3. The van der Waals surface area contributed by atoms with Crippen LogP contribution in [-0.2, 0) is 4.79 Å². The van der Waals surface area contributed by atoms with Gasteiger partial charge in [-0.15, -0.1) is 0 Å². The Balaban J connectivity index is 3.20. The lowest BCUT2D eigenvalue weighted by Gasteiger charge is -2.15. The molecule has 0 spiro atoms. The van der Waals surface area contributed by atoms with E-state index >= 15 is 0 Å². The molecule has 108 valence electrons. The monoisotopic (exact) mass is 276 g/mol. The van der Waals surface area contributed by atoms with Crippen molar-refractivity contribution in [3.05, 3.63) is 41.5 Å². The SMILES string of the molecule is CC(C)Oc1ccc(C(C)C)cc1C(=O)/C=C/C(=O)O. The molecular formula is C16H20O4. The van der Waals surface area contributed by atoms with E-state index in [1.54, 1.807) is 12.1 Å². The molecule has 0 heterocycles. The van der Waals surface area contributed by atoms with Crippen molar-refractivity contribution in [3.63, 3.8) is 0 Å². The van der Waals surface area contributed by atoms with Crippen molar-refractivity contribution in [1.82, 2.24) is 0 Å². The summed E-state index contributed by atoms with van der Waals surface area (Å²) in [5.41, 5.74) is 1.40. The number of carboxylic acids is 1. The van der Waals surface area contributed by atoms with E-state index in [0.29, 0.717) is 11.3 Å². The molecule has 0 saturated heterocycles. The van der Waals surface area contributed by atoms with E-state index in [4.69, 9.17) is 9.84 Å². The maximum absolute atomic E-state index is 12.1. The molecule has 0 aliphatic carbocycles. The van der Waals surface area contributed by atoms with E-state index < -0.39 is 5.97 Å². The Labute approximate surface area is 119 Å². The summed E-state index contributed by atoms with van der Waals surface area (Å²) >= 11 is 0. The van der Waals surface area contributed by atoms with Crippen LogP contribution in [-0.4, -0.2) is 23.0 Å². The van der Waals surface area contributed by atoms with Crippen molar-refractivity contribution >= 4 is 11.8 Å². The van der Waals surface area contributed by atoms with E-state index in [-0.39, 0.29) is 17.8 Å². The molecule has 0 bridgehead atoms. The normalized spacial score (nSPS) is 11.3. The van der Waals surface area contributed by atoms with Gasteiger partial charge in [-0.2, -0.15) is 0 Å². The highest BCUT2D eigenvalue weighted by molar-refractivity contribution is 6.08. The number of benzene rings is 1. The summed E-state index contributed by atoms with van der Waals surface area (Å²) in [7, 11) is 0. The van der Waals surface area contributed by atoms with Gasteiger partial charge >= 0.3 is 5.97 Å². The fourth-order valence-corrected chi connectivity index (χ4v) is 1.69. The molecule has 1 rings (SSSR count). The first-order chi connectivity index (χ1) is 9.31. The average Bonchev–Trinajstić information content (AvgIpc) is 2.35. The van der Waals surface area contributed by atoms with Gasteiger partial charge in [-0.1, -0.05) is 19.9 Å². The molecule has 0 amide bonds. The van der Waals surface area contributed by atoms with Crippen molar-refractivity contribution in [2.24, 2.45) is 0 Å². The first-order valence-electron chi connectivity index (χ1n) is 6.57. The molecule has 1 aromatic carbocycles. The Kier molecular flexibility index (Phi) is 5.50. The van der Waals surface area contributed by atoms with Crippen molar-refractivity contribution < 1.29 is 19.4 Å². The third-order valence-electron chi connectivity index (χ3n) is 2.68. The van der Waals surface area contributed by atoms with Gasteiger partial charge in [0.15, 0.2) is 5.78 Å². The van der Waals surface area contributed by atoms with Gasteiger partial charge < -0.3 is 9.84 Å². The van der Waals surface area contributed by atoms with Gasteiger partial charge in [0.25, 0.3) is 0 Å². The summed E-state index contributed by atoms with van der Waals surface area (Å²) in [4.78, 5) is 22.6. The van der Waals surface area contributed by atoms with Crippen molar-refractivity contribution in [2.75, 3.05) is 0 Å². The highest BCUT2D eigenvalue weighted by Gasteiger charge is 2.14. The van der Waals surface area contributed by atoms with Gasteiger partial charge in [-0.25, -0.2) is 4.79 Å². The standard InChI is InChI=1S/C16H20O4/c1-10(2)12-5-7-15(20-11(3)4)13(9-12)14(17)6-8-16(18)19/h5-11H,1-4H3,(H,18,19)/b8-6+. The number of ketones is 1. The van der Waals surface area contributed by atoms with Crippen LogP contribution >= 0.6 is 0 Å². The first-order valence-corrected chi connectivity index (χ1v) is 6.57. The number of carbonyl (C=O) groups excluding carboxylic acids is 1. The predicted octanol–water partition coefficient (Wildman–Crippen LogP) is 3.42. The maximum atomic E-state index is 12.1. The molecule has 0 fully saturated rings. The highest BCUT2D eigenvalue weighted by Crippen LogP contribution is 2.26. The van der Waals surface area contributed by atoms with E-state index in [1.807, 2.05) is 33.8 Å². The smallest absolute Gasteiger partial charge is 0.328 e. The van der Waals surface area contributed by atoms with Crippen LogP contribution in [0.1, 0.15) is 49.5 Å². The van der Waals surface area contributed by atoms with Crippen LogP contribution in [0.2, 0.25) is 0 Å². The van der Waals surface area contributed by atoms with Gasteiger partial charge in [0, 0.05) is 6.08 Å². The quantitative estimate of drug-likeness (QED) is 0.638. The van der Waals surface area contributed by atoms with Crippen LogP contribution in [0.25, 0.3) is 0 Å². The molecule has 0 aliphatic heterocycles. The third kappa shape index (κ3) is 4.53. The lowest BCUT2D eigenvalue weighted by molar-refractivity contribution is -0.131. The second-order valence-corrected chi connectivity index (χ2v) is 5.11. The van der Waals surface area contributed by atoms with E-state index in [1.165, 1.54) is 0 Å². The average molecular weight is 276 g/mol. The van der Waals surface area contributed by atoms with Crippen LogP contribution in [0, 0.1) is 0 Å². The molecule has 0 saturated carbocycles. The number of carbonyl (C=O) groups is 2. The topological polar surface area (TPSA) is 63.6 Å². The minimum Gasteiger partial charge on any atom is -0.490 e. The van der Waals surface area contributed by atoms with Crippen LogP contribution in [0.3, 0.4) is 0 Å². The Hall–Kier alpha value is -2.10. The Morgan fingerprint density at radius 3 is 2.30 bits per heavy atom. The minimum absolute atomic E-state index is 0.0603. The van der Waals surface area contributed by atoms with Crippen molar-refractivity contribution in [3.8, 4) is 5.75 Å². The summed E-state index contributed by atoms with van der Waals surface area (Å²) < 4.78 is 5.61. The molecule has 0 radical (unpaired) electrons. The lowest BCUT2D eigenvalue weighted by atomic mass is 9.98. The van der Waals surface area contributed by atoms with Crippen LogP contribution in [0.4, 0.5) is 0 Å². The molecular weight excluding hydrogens is 256 g/mol. The number of carboxylic acid groups (broad SMARTS) is 1. The van der Waals surface area contributed by atoms with E-state index in [0.717, 1.165) is 17.7 Å². The van der Waals surface area contributed by atoms with Gasteiger partial charge in [-0.05, 0) is 43.5 Å². The van der Waals surface area contributed by atoms with Gasteiger partial charge in [-0.3, -0.25) is 4.79 Å². The summed E-state index contributed by atoms with van der Waals surface area (Å²) in [6, 6.07) is 5.44. The molecule has 4 nitrogen and oxygen atoms in total. The number of allylic oxidation sites excluding steroid dienone is 1. The summed E-state index contributed by atoms with van der Waals surface area (Å²) in [6.45, 7) is 7.80. The molecule has 0 unspecified atom stereocenters. The second-order valence-electron chi connectivity index (χ2n) is 5.11. The number of hydrogen-bond donors (Lipinski definition) is 1. The Morgan fingerprint density at radius 1 is 1.15 bits per heavy atom. The molecule has 0 atom stereocenters. The highest BCUT2D eigenvalue weighted by atomic mass is 16.5. The largest absolute Gasteiger partial charge is 0.490 e. The van der Waals surface area contributed by atoms with Crippen LogP contribution in [0.5, 0.6) is 5.75 Å². The first kappa shape index (κ1) is 16.0. The fraction of sp³-hybridized carbons (Fsp3) is 0.375. The second kappa shape index (κ2) is 6.89. The number of rotatable bonds is 6. The zero-order valence-corrected chi connectivity index (χ0v) is 12.2. The molecule has 0 aromatic heterocycles. The van der Waals surface area contributed by atoms with Gasteiger partial charge in [0.2, 0.25) is 0 Å². The predicted molar refractivity (Wildman–Crippen MR) is 77.4 cm³/mol. The number of ether oxygens (including phenoxy) is 1. The lowest BCUT2D eigenvalue weighted by Crippen LogP contribution is -2.10. The summed E-state index contributed by atoms with van der Waals surface area (Å²) in [6.07, 6.45) is 1.83. The third-order valence-corrected chi connectivity index (χ3v) is 2.68. The number of aliphatic carboxylic acids is 1. The van der Waals surface area contributed by atoms with Gasteiger partial charge in [0.05, 0.1) is 11.7 Å². The minimum atomic E-state index is -1.15. The van der Waals surface area contributed by atoms with Crippen LogP contribution < -0.4 is 4.74 Å². The maximum Gasteiger partial charge on any atom is 0.328 e. The fourth-order valence-electron chi connectivity index (χ4n) is 1.69.